The van der Waals surface area contributed by atoms with E-state index in [0.29, 0.717) is 0 Å². The lowest BCUT2D eigenvalue weighted by molar-refractivity contribution is 1.20. The number of benzene rings is 2. The van der Waals surface area contributed by atoms with Gasteiger partial charge >= 0.3 is 0 Å². The van der Waals surface area contributed by atoms with Crippen molar-refractivity contribution < 1.29 is 0 Å². The average Bonchev–Trinajstić information content (AvgIpc) is 2.39. The molecule has 2 aromatic rings. The summed E-state index contributed by atoms with van der Waals surface area (Å²) < 4.78 is -1.54. The molecule has 0 unspecified atom stereocenters. The largest absolute Gasteiger partial charge is 0.211 e. The van der Waals surface area contributed by atoms with Crippen molar-refractivity contribution in [2.75, 3.05) is 0 Å². The van der Waals surface area contributed by atoms with Gasteiger partial charge < -0.3 is 0 Å². The quantitative estimate of drug-likeness (QED) is 0.362. The van der Waals surface area contributed by atoms with E-state index in [2.05, 4.69) is 0 Å². The smallest absolute Gasteiger partial charge is 0.107 e. The van der Waals surface area contributed by atoms with E-state index in [0.717, 1.165) is 9.79 Å². The van der Waals surface area contributed by atoms with Crippen molar-refractivity contribution in [2.24, 2.45) is 0 Å². The number of alkyl halides is 3. The van der Waals surface area contributed by atoms with Gasteiger partial charge in [-0.2, -0.15) is 0 Å². The highest BCUT2D eigenvalue weighted by Gasteiger charge is 2.34. The van der Waals surface area contributed by atoms with Gasteiger partial charge in [-0.05, 0) is 24.3 Å². The van der Waals surface area contributed by atoms with Crippen LogP contribution in [0, 0.1) is 0 Å². The van der Waals surface area contributed by atoms with Gasteiger partial charge in [0.2, 0.25) is 3.79 Å². The highest BCUT2D eigenvalue weighted by Crippen LogP contribution is 2.48. The van der Waals surface area contributed by atoms with Gasteiger partial charge in [0.05, 0.1) is 0 Å². The summed E-state index contributed by atoms with van der Waals surface area (Å²) in [6.07, 6.45) is 0. The summed E-state index contributed by atoms with van der Waals surface area (Å²) in [5.41, 5.74) is 0. The maximum absolute atomic E-state index is 6.09. The van der Waals surface area contributed by atoms with Gasteiger partial charge in [-0.3, -0.25) is 0 Å². The zero-order valence-electron chi connectivity index (χ0n) is 9.80. The molecular formula is C14H11Cl3S2. The number of thioether (sulfide) groups is 2. The van der Waals surface area contributed by atoms with Crippen molar-refractivity contribution in [2.45, 2.75) is 18.2 Å². The van der Waals surface area contributed by atoms with Crippen molar-refractivity contribution in [3.05, 3.63) is 60.7 Å². The van der Waals surface area contributed by atoms with Gasteiger partial charge in [0.15, 0.2) is 0 Å². The number of hydrogen-bond donors (Lipinski definition) is 0. The monoisotopic (exact) mass is 348 g/mol. The van der Waals surface area contributed by atoms with Gasteiger partial charge in [0.1, 0.15) is 4.58 Å². The second kappa shape index (κ2) is 7.14. The van der Waals surface area contributed by atoms with Gasteiger partial charge in [-0.1, -0.05) is 71.2 Å². The second-order valence-corrected chi connectivity index (χ2v) is 8.76. The van der Waals surface area contributed by atoms with Crippen LogP contribution in [0.25, 0.3) is 0 Å². The average molecular weight is 350 g/mol. The van der Waals surface area contributed by atoms with E-state index in [9.17, 15) is 0 Å². The molecular weight excluding hydrogens is 339 g/mol. The normalized spacial score (nSPS) is 11.8. The van der Waals surface area contributed by atoms with Gasteiger partial charge in [-0.25, -0.2) is 0 Å². The van der Waals surface area contributed by atoms with Crippen molar-refractivity contribution in [3.8, 4) is 0 Å². The zero-order valence-corrected chi connectivity index (χ0v) is 13.7. The van der Waals surface area contributed by atoms with Crippen LogP contribution in [0.3, 0.4) is 0 Å². The maximum atomic E-state index is 6.09. The summed E-state index contributed by atoms with van der Waals surface area (Å²) in [6, 6.07) is 19.9. The Balaban J connectivity index is 2.13. The topological polar surface area (TPSA) is 0 Å². The highest BCUT2D eigenvalue weighted by atomic mass is 35.6. The first kappa shape index (κ1) is 15.4. The first-order valence-electron chi connectivity index (χ1n) is 5.56. The Morgan fingerprint density at radius 1 is 0.684 bits per heavy atom. The summed E-state index contributed by atoms with van der Waals surface area (Å²) in [4.78, 5) is 2.17. The summed E-state index contributed by atoms with van der Waals surface area (Å²) in [5, 5.41) is 0. The molecule has 0 heterocycles. The molecule has 0 fully saturated rings. The van der Waals surface area contributed by atoms with Crippen LogP contribution in [-0.4, -0.2) is 8.37 Å². The molecule has 0 saturated heterocycles. The van der Waals surface area contributed by atoms with Gasteiger partial charge in [0, 0.05) is 9.79 Å². The Kier molecular flexibility index (Phi) is 5.79. The molecule has 0 aromatic heterocycles. The standard InChI is InChI=1S/C14H11Cl3S2/c15-14(16,17)13(18-11-7-3-1-4-8-11)19-12-9-5-2-6-10-12/h1-10,13H. The van der Waals surface area contributed by atoms with E-state index in [1.807, 2.05) is 60.7 Å². The van der Waals surface area contributed by atoms with E-state index >= 15 is 0 Å². The Labute approximate surface area is 136 Å². The predicted octanol–water partition coefficient (Wildman–Crippen LogP) is 6.27. The van der Waals surface area contributed by atoms with E-state index in [1.165, 1.54) is 0 Å². The van der Waals surface area contributed by atoms with Crippen molar-refractivity contribution >= 4 is 58.3 Å². The van der Waals surface area contributed by atoms with E-state index < -0.39 is 3.79 Å². The van der Waals surface area contributed by atoms with Crippen LogP contribution in [0.5, 0.6) is 0 Å². The molecule has 0 aliphatic rings. The molecule has 0 N–H and O–H groups in total. The molecule has 0 aliphatic heterocycles. The van der Waals surface area contributed by atoms with Crippen LogP contribution >= 0.6 is 58.3 Å². The van der Waals surface area contributed by atoms with Crippen molar-refractivity contribution in [1.29, 1.82) is 0 Å². The summed E-state index contributed by atoms with van der Waals surface area (Å²) in [6.45, 7) is 0. The minimum atomic E-state index is -1.33. The van der Waals surface area contributed by atoms with Crippen LogP contribution in [0.4, 0.5) is 0 Å². The van der Waals surface area contributed by atoms with Gasteiger partial charge in [0.25, 0.3) is 0 Å². The van der Waals surface area contributed by atoms with Crippen molar-refractivity contribution in [1.82, 2.24) is 0 Å². The number of hydrogen-bond acceptors (Lipinski definition) is 2. The highest BCUT2D eigenvalue weighted by molar-refractivity contribution is 8.17. The molecule has 0 nitrogen and oxygen atoms in total. The minimum Gasteiger partial charge on any atom is -0.107 e. The zero-order chi connectivity index (χ0) is 13.7. The van der Waals surface area contributed by atoms with Crippen LogP contribution in [0.15, 0.2) is 70.5 Å². The fourth-order valence-corrected chi connectivity index (χ4v) is 4.45. The SMILES string of the molecule is ClC(Cl)(Cl)C(Sc1ccccc1)Sc1ccccc1. The lowest BCUT2D eigenvalue weighted by atomic mass is 10.4. The molecule has 19 heavy (non-hydrogen) atoms. The molecule has 2 rings (SSSR count). The van der Waals surface area contributed by atoms with Crippen LogP contribution < -0.4 is 0 Å². The Hall–Kier alpha value is 0.01000. The summed E-state index contributed by atoms with van der Waals surface area (Å²) >= 11 is 21.4. The first-order valence-corrected chi connectivity index (χ1v) is 8.45. The molecule has 0 radical (unpaired) electrons. The van der Waals surface area contributed by atoms with Crippen LogP contribution in [0.2, 0.25) is 0 Å². The molecule has 2 aromatic carbocycles. The Bertz CT molecular complexity index is 456. The number of rotatable bonds is 4. The predicted molar refractivity (Wildman–Crippen MR) is 88.7 cm³/mol. The fourth-order valence-electron chi connectivity index (χ4n) is 1.40. The molecule has 0 amide bonds. The van der Waals surface area contributed by atoms with E-state index in [1.54, 1.807) is 23.5 Å². The molecule has 5 heteroatoms. The van der Waals surface area contributed by atoms with E-state index in [-0.39, 0.29) is 4.58 Å². The molecule has 100 valence electrons. The molecule has 0 saturated carbocycles. The molecule has 0 aliphatic carbocycles. The second-order valence-electron chi connectivity index (χ2n) is 3.74. The third-order valence-electron chi connectivity index (χ3n) is 2.24. The summed E-state index contributed by atoms with van der Waals surface area (Å²) in [5.74, 6) is 0. The summed E-state index contributed by atoms with van der Waals surface area (Å²) in [7, 11) is 0. The maximum Gasteiger partial charge on any atom is 0.211 e. The molecule has 0 spiro atoms. The minimum absolute atomic E-state index is 0.206. The van der Waals surface area contributed by atoms with E-state index in [4.69, 9.17) is 34.8 Å². The third kappa shape index (κ3) is 5.13. The third-order valence-corrected chi connectivity index (χ3v) is 6.47. The van der Waals surface area contributed by atoms with Gasteiger partial charge in [-0.15, -0.1) is 23.5 Å². The molecule has 0 bridgehead atoms. The van der Waals surface area contributed by atoms with Crippen molar-refractivity contribution in [3.63, 3.8) is 0 Å². The lowest BCUT2D eigenvalue weighted by Crippen LogP contribution is -2.18. The fraction of sp³-hybridized carbons (Fsp3) is 0.143. The molecule has 0 atom stereocenters. The lowest BCUT2D eigenvalue weighted by Gasteiger charge is -2.23. The number of halogens is 3. The van der Waals surface area contributed by atoms with Crippen LogP contribution in [-0.2, 0) is 0 Å². The Morgan fingerprint density at radius 2 is 1.05 bits per heavy atom. The Morgan fingerprint density at radius 3 is 1.37 bits per heavy atom. The van der Waals surface area contributed by atoms with Crippen LogP contribution in [0.1, 0.15) is 0 Å². The first-order chi connectivity index (χ1) is 9.05.